The third-order valence-corrected chi connectivity index (χ3v) is 3.25. The minimum absolute atomic E-state index is 0.0491. The van der Waals surface area contributed by atoms with E-state index in [-0.39, 0.29) is 18.6 Å². The van der Waals surface area contributed by atoms with E-state index < -0.39 is 17.7 Å². The van der Waals surface area contributed by atoms with Crippen LogP contribution in [0.4, 0.5) is 0 Å². The fourth-order valence-corrected chi connectivity index (χ4v) is 2.00. The number of benzene rings is 2. The standard InChI is InChI=1S/C19H16O5/c20-17(14-7-3-1-4-8-14)13-16(18(21)22)11-12-24-19(23)15-9-5-2-6-10-15/h1-10,13H,11-12H2,(H,21,22)/b16-13+. The summed E-state index contributed by atoms with van der Waals surface area (Å²) >= 11 is 0. The number of allylic oxidation sites excluding steroid dienone is 1. The van der Waals surface area contributed by atoms with Crippen LogP contribution in [0.1, 0.15) is 27.1 Å². The van der Waals surface area contributed by atoms with Crippen LogP contribution < -0.4 is 0 Å². The van der Waals surface area contributed by atoms with Gasteiger partial charge in [-0.25, -0.2) is 9.59 Å². The summed E-state index contributed by atoms with van der Waals surface area (Å²) in [5.74, 6) is -2.15. The maximum Gasteiger partial charge on any atom is 0.338 e. The molecule has 2 rings (SSSR count). The summed E-state index contributed by atoms with van der Waals surface area (Å²) in [6, 6.07) is 16.8. The highest BCUT2D eigenvalue weighted by molar-refractivity contribution is 6.08. The molecule has 0 saturated carbocycles. The molecule has 0 heterocycles. The number of hydrogen-bond donors (Lipinski definition) is 1. The number of ketones is 1. The van der Waals surface area contributed by atoms with Crippen LogP contribution in [-0.2, 0) is 9.53 Å². The van der Waals surface area contributed by atoms with E-state index in [9.17, 15) is 19.5 Å². The molecule has 0 aliphatic carbocycles. The van der Waals surface area contributed by atoms with Crippen LogP contribution in [0.25, 0.3) is 0 Å². The Morgan fingerprint density at radius 3 is 1.96 bits per heavy atom. The Kier molecular flexibility index (Phi) is 6.02. The van der Waals surface area contributed by atoms with Gasteiger partial charge in [0.25, 0.3) is 0 Å². The second-order valence-corrected chi connectivity index (χ2v) is 4.96. The van der Waals surface area contributed by atoms with Gasteiger partial charge in [-0.2, -0.15) is 0 Å². The topological polar surface area (TPSA) is 80.7 Å². The van der Waals surface area contributed by atoms with E-state index in [4.69, 9.17) is 4.74 Å². The summed E-state index contributed by atoms with van der Waals surface area (Å²) < 4.78 is 5.04. The van der Waals surface area contributed by atoms with Gasteiger partial charge in [0.05, 0.1) is 12.2 Å². The van der Waals surface area contributed by atoms with Gasteiger partial charge in [0.1, 0.15) is 0 Å². The van der Waals surface area contributed by atoms with Crippen molar-refractivity contribution >= 4 is 17.7 Å². The highest BCUT2D eigenvalue weighted by Gasteiger charge is 2.13. The lowest BCUT2D eigenvalue weighted by molar-refractivity contribution is -0.132. The van der Waals surface area contributed by atoms with Gasteiger partial charge in [0.2, 0.25) is 0 Å². The van der Waals surface area contributed by atoms with Crippen LogP contribution in [0.3, 0.4) is 0 Å². The van der Waals surface area contributed by atoms with Crippen molar-refractivity contribution in [1.29, 1.82) is 0 Å². The fourth-order valence-electron chi connectivity index (χ4n) is 2.00. The van der Waals surface area contributed by atoms with Gasteiger partial charge in [-0.1, -0.05) is 48.5 Å². The van der Waals surface area contributed by atoms with Crippen molar-refractivity contribution in [3.63, 3.8) is 0 Å². The molecule has 2 aromatic carbocycles. The van der Waals surface area contributed by atoms with Crippen molar-refractivity contribution in [2.24, 2.45) is 0 Å². The quantitative estimate of drug-likeness (QED) is 0.481. The summed E-state index contributed by atoms with van der Waals surface area (Å²) in [7, 11) is 0. The molecule has 0 fully saturated rings. The van der Waals surface area contributed by atoms with Crippen LogP contribution in [0.2, 0.25) is 0 Å². The van der Waals surface area contributed by atoms with Crippen LogP contribution in [-0.4, -0.2) is 29.4 Å². The summed E-state index contributed by atoms with van der Waals surface area (Å²) in [6.07, 6.45) is 1.01. The number of carboxylic acids is 1. The van der Waals surface area contributed by atoms with Gasteiger partial charge in [0.15, 0.2) is 5.78 Å². The number of hydrogen-bond acceptors (Lipinski definition) is 4. The molecule has 0 unspecified atom stereocenters. The fraction of sp³-hybridized carbons (Fsp3) is 0.105. The number of ether oxygens (including phenoxy) is 1. The maximum atomic E-state index is 12.0. The molecule has 0 spiro atoms. The highest BCUT2D eigenvalue weighted by Crippen LogP contribution is 2.09. The van der Waals surface area contributed by atoms with Crippen molar-refractivity contribution < 1.29 is 24.2 Å². The number of aliphatic carboxylic acids is 1. The average Bonchev–Trinajstić information content (AvgIpc) is 2.62. The third kappa shape index (κ3) is 4.91. The van der Waals surface area contributed by atoms with E-state index in [0.29, 0.717) is 11.1 Å². The van der Waals surface area contributed by atoms with E-state index in [1.807, 2.05) is 0 Å². The van der Waals surface area contributed by atoms with Crippen LogP contribution in [0.5, 0.6) is 0 Å². The molecule has 5 nitrogen and oxygen atoms in total. The molecule has 0 aliphatic rings. The van der Waals surface area contributed by atoms with Crippen molar-refractivity contribution in [2.75, 3.05) is 6.61 Å². The second kappa shape index (κ2) is 8.43. The van der Waals surface area contributed by atoms with Crippen molar-refractivity contribution in [3.8, 4) is 0 Å². The smallest absolute Gasteiger partial charge is 0.338 e. The van der Waals surface area contributed by atoms with Gasteiger partial charge in [-0.3, -0.25) is 4.79 Å². The number of carbonyl (C=O) groups is 3. The van der Waals surface area contributed by atoms with Gasteiger partial charge < -0.3 is 9.84 Å². The summed E-state index contributed by atoms with van der Waals surface area (Å²) in [5.41, 5.74) is 0.681. The van der Waals surface area contributed by atoms with Crippen LogP contribution in [0.15, 0.2) is 72.3 Å². The first-order valence-corrected chi connectivity index (χ1v) is 7.33. The predicted molar refractivity (Wildman–Crippen MR) is 87.8 cm³/mol. The molecule has 1 N–H and O–H groups in total. The molecule has 2 aromatic rings. The van der Waals surface area contributed by atoms with Crippen LogP contribution in [0, 0.1) is 0 Å². The molecular formula is C19H16O5. The van der Waals surface area contributed by atoms with Crippen LogP contribution >= 0.6 is 0 Å². The monoisotopic (exact) mass is 324 g/mol. The van der Waals surface area contributed by atoms with Gasteiger partial charge in [0, 0.05) is 17.6 Å². The van der Waals surface area contributed by atoms with E-state index in [1.54, 1.807) is 60.7 Å². The van der Waals surface area contributed by atoms with Gasteiger partial charge >= 0.3 is 11.9 Å². The van der Waals surface area contributed by atoms with E-state index in [2.05, 4.69) is 0 Å². The lowest BCUT2D eigenvalue weighted by Gasteiger charge is -2.05. The molecule has 0 atom stereocenters. The number of carboxylic acid groups (broad SMARTS) is 1. The Bertz CT molecular complexity index is 748. The average molecular weight is 324 g/mol. The van der Waals surface area contributed by atoms with E-state index in [0.717, 1.165) is 6.08 Å². The molecule has 0 bridgehead atoms. The Hall–Kier alpha value is -3.21. The largest absolute Gasteiger partial charge is 0.478 e. The van der Waals surface area contributed by atoms with Gasteiger partial charge in [-0.05, 0) is 18.2 Å². The Morgan fingerprint density at radius 1 is 0.875 bits per heavy atom. The van der Waals surface area contributed by atoms with Crippen molar-refractivity contribution in [3.05, 3.63) is 83.4 Å². The second-order valence-electron chi connectivity index (χ2n) is 4.96. The molecule has 0 saturated heterocycles. The minimum atomic E-state index is -1.21. The number of carbonyl (C=O) groups excluding carboxylic acids is 2. The molecule has 122 valence electrons. The molecular weight excluding hydrogens is 308 g/mol. The van der Waals surface area contributed by atoms with Crippen molar-refractivity contribution in [2.45, 2.75) is 6.42 Å². The predicted octanol–water partition coefficient (Wildman–Crippen LogP) is 3.13. The normalized spacial score (nSPS) is 10.9. The van der Waals surface area contributed by atoms with E-state index in [1.165, 1.54) is 0 Å². The van der Waals surface area contributed by atoms with E-state index >= 15 is 0 Å². The SMILES string of the molecule is O=C(O)/C(=C/C(=O)c1ccccc1)CCOC(=O)c1ccccc1. The molecule has 0 aromatic heterocycles. The first kappa shape index (κ1) is 17.1. The molecule has 5 heteroatoms. The highest BCUT2D eigenvalue weighted by atomic mass is 16.5. The zero-order valence-electron chi connectivity index (χ0n) is 12.8. The molecule has 0 amide bonds. The summed E-state index contributed by atoms with van der Waals surface area (Å²) in [4.78, 5) is 35.1. The lowest BCUT2D eigenvalue weighted by atomic mass is 10.1. The number of esters is 1. The third-order valence-electron chi connectivity index (χ3n) is 3.25. The zero-order valence-corrected chi connectivity index (χ0v) is 12.8. The first-order chi connectivity index (χ1) is 11.6. The molecule has 0 aliphatic heterocycles. The van der Waals surface area contributed by atoms with Crippen molar-refractivity contribution in [1.82, 2.24) is 0 Å². The summed E-state index contributed by atoms with van der Waals surface area (Å²) in [5, 5.41) is 9.19. The number of rotatable bonds is 7. The summed E-state index contributed by atoms with van der Waals surface area (Å²) in [6.45, 7) is -0.117. The first-order valence-electron chi connectivity index (χ1n) is 7.33. The minimum Gasteiger partial charge on any atom is -0.478 e. The van der Waals surface area contributed by atoms with Gasteiger partial charge in [-0.15, -0.1) is 0 Å². The molecule has 24 heavy (non-hydrogen) atoms. The zero-order chi connectivity index (χ0) is 17.4. The Morgan fingerprint density at radius 2 is 1.42 bits per heavy atom. The lowest BCUT2D eigenvalue weighted by Crippen LogP contribution is -2.11. The Balaban J connectivity index is 1.97. The maximum absolute atomic E-state index is 12.0. The molecule has 0 radical (unpaired) electrons. The Labute approximate surface area is 139 Å².